The van der Waals surface area contributed by atoms with Gasteiger partial charge in [0.15, 0.2) is 6.10 Å². The Morgan fingerprint density at radius 3 is 2.59 bits per heavy atom. The Labute approximate surface area is 210 Å². The number of benzene rings is 2. The molecular formula is C20H21I3N2O4. The third kappa shape index (κ3) is 7.12. The van der Waals surface area contributed by atoms with Crippen LogP contribution >= 0.6 is 67.8 Å². The molecule has 6 nitrogen and oxygen atoms in total. The normalized spacial score (nSPS) is 11.7. The molecule has 0 fully saturated rings. The molecule has 0 aliphatic rings. The molecule has 0 radical (unpaired) electrons. The zero-order valence-corrected chi connectivity index (χ0v) is 22.1. The fourth-order valence-electron chi connectivity index (χ4n) is 2.61. The van der Waals surface area contributed by atoms with Crippen LogP contribution in [0.1, 0.15) is 31.7 Å². The highest BCUT2D eigenvalue weighted by molar-refractivity contribution is 14.1. The number of amides is 1. The third-order valence-electron chi connectivity index (χ3n) is 4.13. The summed E-state index contributed by atoms with van der Waals surface area (Å²) in [5, 5.41) is 12.2. The van der Waals surface area contributed by atoms with Crippen molar-refractivity contribution in [2.45, 2.75) is 38.7 Å². The van der Waals surface area contributed by atoms with Crippen molar-refractivity contribution in [2.24, 2.45) is 0 Å². The fourth-order valence-corrected chi connectivity index (χ4v) is 6.36. The van der Waals surface area contributed by atoms with Crippen LogP contribution in [0.4, 0.5) is 11.4 Å². The number of carboxylic acids is 1. The standard InChI is InChI=1S/C20H21I3N2O4/c1-2-3-7-16(20(27)28)29-12-6-4-5-11(8-12)25-17(26)9-13-14(21)10-15(22)19(24)18(13)23/h4-6,8,10,16H,2-3,7,9,24H2,1H3,(H,25,26)(H,27,28). The molecule has 2 rings (SSSR count). The van der Waals surface area contributed by atoms with Gasteiger partial charge in [-0.2, -0.15) is 0 Å². The lowest BCUT2D eigenvalue weighted by atomic mass is 10.1. The van der Waals surface area contributed by atoms with Crippen molar-refractivity contribution >= 4 is 91.0 Å². The van der Waals surface area contributed by atoms with E-state index in [4.69, 9.17) is 10.5 Å². The van der Waals surface area contributed by atoms with E-state index in [0.717, 1.165) is 29.1 Å². The average Bonchev–Trinajstić information content (AvgIpc) is 2.67. The number of ether oxygens (including phenoxy) is 1. The van der Waals surface area contributed by atoms with Gasteiger partial charge in [0.2, 0.25) is 5.91 Å². The van der Waals surface area contributed by atoms with Gasteiger partial charge in [-0.05, 0) is 104 Å². The average molecular weight is 734 g/mol. The van der Waals surface area contributed by atoms with Gasteiger partial charge >= 0.3 is 5.97 Å². The summed E-state index contributed by atoms with van der Waals surface area (Å²) < 4.78 is 8.44. The molecule has 1 unspecified atom stereocenters. The molecule has 0 bridgehead atoms. The van der Waals surface area contributed by atoms with E-state index < -0.39 is 12.1 Å². The molecule has 29 heavy (non-hydrogen) atoms. The maximum atomic E-state index is 12.6. The predicted molar refractivity (Wildman–Crippen MR) is 139 cm³/mol. The minimum Gasteiger partial charge on any atom is -0.479 e. The van der Waals surface area contributed by atoms with Crippen molar-refractivity contribution in [3.05, 3.63) is 46.6 Å². The zero-order chi connectivity index (χ0) is 21.6. The first-order chi connectivity index (χ1) is 13.7. The summed E-state index contributed by atoms with van der Waals surface area (Å²) in [6.07, 6.45) is 1.39. The van der Waals surface area contributed by atoms with Crippen LogP contribution < -0.4 is 15.8 Å². The lowest BCUT2D eigenvalue weighted by Crippen LogP contribution is -2.26. The van der Waals surface area contributed by atoms with Crippen molar-refractivity contribution < 1.29 is 19.4 Å². The van der Waals surface area contributed by atoms with Crippen LogP contribution in [0.2, 0.25) is 0 Å². The van der Waals surface area contributed by atoms with Crippen LogP contribution in [-0.2, 0) is 16.0 Å². The second-order valence-electron chi connectivity index (χ2n) is 6.39. The van der Waals surface area contributed by atoms with Gasteiger partial charge in [-0.25, -0.2) is 4.79 Å². The van der Waals surface area contributed by atoms with Crippen LogP contribution in [0.15, 0.2) is 30.3 Å². The monoisotopic (exact) mass is 734 g/mol. The second kappa shape index (κ2) is 11.5. The molecule has 9 heteroatoms. The van der Waals surface area contributed by atoms with E-state index in [1.165, 1.54) is 0 Å². The van der Waals surface area contributed by atoms with Crippen LogP contribution in [-0.4, -0.2) is 23.1 Å². The van der Waals surface area contributed by atoms with Gasteiger partial charge < -0.3 is 20.9 Å². The molecule has 0 spiro atoms. The van der Waals surface area contributed by atoms with Gasteiger partial charge in [0.25, 0.3) is 0 Å². The summed E-state index contributed by atoms with van der Waals surface area (Å²) in [6.45, 7) is 2.00. The number of carboxylic acid groups (broad SMARTS) is 1. The maximum Gasteiger partial charge on any atom is 0.344 e. The van der Waals surface area contributed by atoms with Crippen molar-refractivity contribution in [3.63, 3.8) is 0 Å². The Balaban J connectivity index is 2.09. The van der Waals surface area contributed by atoms with Gasteiger partial charge in [0.05, 0.1) is 12.1 Å². The number of unbranched alkanes of at least 4 members (excludes halogenated alkanes) is 1. The number of hydrogen-bond acceptors (Lipinski definition) is 4. The number of hydrogen-bond donors (Lipinski definition) is 3. The first kappa shape index (κ1) is 24.4. The Morgan fingerprint density at radius 1 is 1.21 bits per heavy atom. The first-order valence-corrected chi connectivity index (χ1v) is 12.2. The fraction of sp³-hybridized carbons (Fsp3) is 0.300. The van der Waals surface area contributed by atoms with Gasteiger partial charge in [0, 0.05) is 22.5 Å². The quantitative estimate of drug-likeness (QED) is 0.241. The molecule has 0 saturated heterocycles. The summed E-state index contributed by atoms with van der Waals surface area (Å²) in [5.41, 5.74) is 8.21. The largest absolute Gasteiger partial charge is 0.479 e. The Hall–Kier alpha value is -0.830. The lowest BCUT2D eigenvalue weighted by Gasteiger charge is -2.16. The summed E-state index contributed by atoms with van der Waals surface area (Å²) >= 11 is 6.55. The molecule has 0 aromatic heterocycles. The maximum absolute atomic E-state index is 12.6. The van der Waals surface area contributed by atoms with E-state index in [-0.39, 0.29) is 12.3 Å². The summed E-state index contributed by atoms with van der Waals surface area (Å²) in [6, 6.07) is 8.74. The van der Waals surface area contributed by atoms with Crippen molar-refractivity contribution in [1.29, 1.82) is 0 Å². The van der Waals surface area contributed by atoms with Crippen molar-refractivity contribution in [1.82, 2.24) is 0 Å². The number of nitrogens with one attached hydrogen (secondary N) is 1. The van der Waals surface area contributed by atoms with Crippen molar-refractivity contribution in [2.75, 3.05) is 11.1 Å². The summed E-state index contributed by atoms with van der Waals surface area (Å²) in [5.74, 6) is -0.762. The molecule has 0 saturated carbocycles. The first-order valence-electron chi connectivity index (χ1n) is 8.94. The Kier molecular flexibility index (Phi) is 9.72. The molecule has 1 amide bonds. The number of nitrogen functional groups attached to an aromatic ring is 1. The second-order valence-corrected chi connectivity index (χ2v) is 9.79. The summed E-state index contributed by atoms with van der Waals surface area (Å²) in [4.78, 5) is 24.0. The highest BCUT2D eigenvalue weighted by Gasteiger charge is 2.19. The molecular weight excluding hydrogens is 713 g/mol. The van der Waals surface area contributed by atoms with E-state index in [0.29, 0.717) is 23.5 Å². The van der Waals surface area contributed by atoms with E-state index in [2.05, 4.69) is 73.1 Å². The van der Waals surface area contributed by atoms with Crippen LogP contribution in [0.25, 0.3) is 0 Å². The lowest BCUT2D eigenvalue weighted by molar-refractivity contribution is -0.145. The summed E-state index contributed by atoms with van der Waals surface area (Å²) in [7, 11) is 0. The molecule has 156 valence electrons. The third-order valence-corrected chi connectivity index (χ3v) is 7.22. The molecule has 0 aliphatic carbocycles. The molecule has 0 aliphatic heterocycles. The number of anilines is 2. The van der Waals surface area contributed by atoms with E-state index in [9.17, 15) is 14.7 Å². The highest BCUT2D eigenvalue weighted by Crippen LogP contribution is 2.30. The number of carbonyl (C=O) groups excluding carboxylic acids is 1. The molecule has 0 heterocycles. The van der Waals surface area contributed by atoms with Crippen LogP contribution in [0.3, 0.4) is 0 Å². The Bertz CT molecular complexity index is 906. The molecule has 4 N–H and O–H groups in total. The van der Waals surface area contributed by atoms with E-state index >= 15 is 0 Å². The molecule has 2 aromatic rings. The minimum absolute atomic E-state index is 0.181. The van der Waals surface area contributed by atoms with Gasteiger partial charge in [-0.3, -0.25) is 4.79 Å². The number of aliphatic carboxylic acids is 1. The van der Waals surface area contributed by atoms with E-state index in [1.807, 2.05) is 13.0 Å². The SMILES string of the molecule is CCCCC(Oc1cccc(NC(=O)Cc2c(I)cc(I)c(N)c2I)c1)C(=O)O. The van der Waals surface area contributed by atoms with E-state index in [1.54, 1.807) is 24.3 Å². The smallest absolute Gasteiger partial charge is 0.344 e. The molecule has 1 atom stereocenters. The number of halogens is 3. The highest BCUT2D eigenvalue weighted by atomic mass is 127. The van der Waals surface area contributed by atoms with Crippen LogP contribution in [0.5, 0.6) is 5.75 Å². The van der Waals surface area contributed by atoms with Gasteiger partial charge in [-0.15, -0.1) is 0 Å². The predicted octanol–water partition coefficient (Wildman–Crippen LogP) is 5.29. The molecule has 2 aromatic carbocycles. The van der Waals surface area contributed by atoms with Gasteiger partial charge in [-0.1, -0.05) is 19.4 Å². The zero-order valence-electron chi connectivity index (χ0n) is 15.7. The number of carbonyl (C=O) groups is 2. The number of nitrogens with two attached hydrogens (primary N) is 1. The van der Waals surface area contributed by atoms with Gasteiger partial charge in [0.1, 0.15) is 5.75 Å². The Morgan fingerprint density at radius 2 is 1.93 bits per heavy atom. The van der Waals surface area contributed by atoms with Crippen molar-refractivity contribution in [3.8, 4) is 5.75 Å². The van der Waals surface area contributed by atoms with Crippen LogP contribution in [0, 0.1) is 10.7 Å². The minimum atomic E-state index is -0.992. The topological polar surface area (TPSA) is 102 Å². The number of rotatable bonds is 9.